The lowest BCUT2D eigenvalue weighted by Crippen LogP contribution is -2.11. The molecular formula is C12H12N4O. The van der Waals surface area contributed by atoms with Crippen LogP contribution in [0.15, 0.2) is 36.7 Å². The van der Waals surface area contributed by atoms with Crippen LogP contribution in [0.5, 0.6) is 11.6 Å². The van der Waals surface area contributed by atoms with Gasteiger partial charge in [0.05, 0.1) is 5.69 Å². The van der Waals surface area contributed by atoms with E-state index in [-0.39, 0.29) is 5.84 Å². The van der Waals surface area contributed by atoms with Gasteiger partial charge in [0.2, 0.25) is 5.88 Å². The highest BCUT2D eigenvalue weighted by Crippen LogP contribution is 2.21. The van der Waals surface area contributed by atoms with E-state index in [1.165, 1.54) is 0 Å². The minimum absolute atomic E-state index is 0.0137. The third-order valence-corrected chi connectivity index (χ3v) is 2.22. The Hall–Kier alpha value is -2.43. The summed E-state index contributed by atoms with van der Waals surface area (Å²) in [6.45, 7) is 1.85. The highest BCUT2D eigenvalue weighted by atomic mass is 16.5. The van der Waals surface area contributed by atoms with Crippen molar-refractivity contribution in [3.05, 3.63) is 47.9 Å². The summed E-state index contributed by atoms with van der Waals surface area (Å²) in [7, 11) is 0. The predicted molar refractivity (Wildman–Crippen MR) is 64.3 cm³/mol. The van der Waals surface area contributed by atoms with Crippen LogP contribution in [0.25, 0.3) is 0 Å². The van der Waals surface area contributed by atoms with Crippen molar-refractivity contribution in [3.63, 3.8) is 0 Å². The number of hydrogen-bond donors (Lipinski definition) is 2. The molecule has 0 bridgehead atoms. The van der Waals surface area contributed by atoms with E-state index in [1.807, 2.05) is 13.0 Å². The van der Waals surface area contributed by atoms with E-state index in [0.717, 1.165) is 5.69 Å². The van der Waals surface area contributed by atoms with Gasteiger partial charge in [0.1, 0.15) is 5.84 Å². The van der Waals surface area contributed by atoms with E-state index in [4.69, 9.17) is 15.9 Å². The average molecular weight is 228 g/mol. The van der Waals surface area contributed by atoms with Crippen molar-refractivity contribution in [2.24, 2.45) is 5.73 Å². The maximum atomic E-state index is 7.34. The standard InChI is InChI=1S/C12H12N4O/c1-8-10(3-2-5-15-8)17-11-7-9(12(13)14)4-6-16-11/h2-7H,1H3,(H3,13,14). The summed E-state index contributed by atoms with van der Waals surface area (Å²) in [4.78, 5) is 8.17. The summed E-state index contributed by atoms with van der Waals surface area (Å²) in [5.74, 6) is 1.02. The molecule has 2 aromatic heterocycles. The lowest BCUT2D eigenvalue weighted by Gasteiger charge is -2.07. The zero-order valence-corrected chi connectivity index (χ0v) is 9.34. The molecule has 0 aliphatic carbocycles. The first-order valence-electron chi connectivity index (χ1n) is 5.07. The van der Waals surface area contributed by atoms with E-state index in [9.17, 15) is 0 Å². The van der Waals surface area contributed by atoms with Crippen molar-refractivity contribution in [2.45, 2.75) is 6.92 Å². The van der Waals surface area contributed by atoms with E-state index in [1.54, 1.807) is 30.6 Å². The molecule has 0 aliphatic heterocycles. The molecule has 0 atom stereocenters. The number of nitrogens with two attached hydrogens (primary N) is 1. The second-order valence-corrected chi connectivity index (χ2v) is 3.49. The zero-order chi connectivity index (χ0) is 12.3. The Balaban J connectivity index is 2.28. The zero-order valence-electron chi connectivity index (χ0n) is 9.34. The highest BCUT2D eigenvalue weighted by molar-refractivity contribution is 5.95. The fourth-order valence-corrected chi connectivity index (χ4v) is 1.32. The van der Waals surface area contributed by atoms with Crippen molar-refractivity contribution >= 4 is 5.84 Å². The van der Waals surface area contributed by atoms with Crippen molar-refractivity contribution in [1.82, 2.24) is 9.97 Å². The molecule has 86 valence electrons. The van der Waals surface area contributed by atoms with Crippen molar-refractivity contribution in [1.29, 1.82) is 5.41 Å². The van der Waals surface area contributed by atoms with Gasteiger partial charge in [-0.3, -0.25) is 10.4 Å². The molecule has 0 spiro atoms. The molecule has 2 rings (SSSR count). The van der Waals surface area contributed by atoms with Crippen LogP contribution in [-0.2, 0) is 0 Å². The van der Waals surface area contributed by atoms with Gasteiger partial charge in [-0.1, -0.05) is 0 Å². The van der Waals surface area contributed by atoms with Crippen LogP contribution in [0.1, 0.15) is 11.3 Å². The van der Waals surface area contributed by atoms with E-state index < -0.39 is 0 Å². The first-order chi connectivity index (χ1) is 8.16. The quantitative estimate of drug-likeness (QED) is 0.620. The van der Waals surface area contributed by atoms with Crippen LogP contribution >= 0.6 is 0 Å². The summed E-state index contributed by atoms with van der Waals surface area (Å²) in [5, 5.41) is 7.34. The number of nitrogens with zero attached hydrogens (tertiary/aromatic N) is 2. The van der Waals surface area contributed by atoms with Crippen molar-refractivity contribution in [2.75, 3.05) is 0 Å². The molecule has 0 amide bonds. The molecule has 5 heteroatoms. The number of ether oxygens (including phenoxy) is 1. The minimum atomic E-state index is -0.0137. The van der Waals surface area contributed by atoms with Crippen LogP contribution in [0.3, 0.4) is 0 Å². The normalized spacial score (nSPS) is 9.94. The molecule has 3 N–H and O–H groups in total. The Morgan fingerprint density at radius 2 is 2.12 bits per heavy atom. The van der Waals surface area contributed by atoms with Crippen molar-refractivity contribution < 1.29 is 4.74 Å². The number of rotatable bonds is 3. The molecule has 0 unspecified atom stereocenters. The largest absolute Gasteiger partial charge is 0.437 e. The fourth-order valence-electron chi connectivity index (χ4n) is 1.32. The topological polar surface area (TPSA) is 84.9 Å². The first kappa shape index (κ1) is 11.1. The molecule has 2 aromatic rings. The Kier molecular flexibility index (Phi) is 3.00. The summed E-state index contributed by atoms with van der Waals surface area (Å²) in [5.41, 5.74) is 6.75. The molecule has 0 saturated heterocycles. The third-order valence-electron chi connectivity index (χ3n) is 2.22. The van der Waals surface area contributed by atoms with Gasteiger partial charge in [0.25, 0.3) is 0 Å². The van der Waals surface area contributed by atoms with Crippen LogP contribution in [0.4, 0.5) is 0 Å². The summed E-state index contributed by atoms with van der Waals surface area (Å²) < 4.78 is 5.57. The van der Waals surface area contributed by atoms with Gasteiger partial charge in [0, 0.05) is 24.0 Å². The molecule has 0 radical (unpaired) electrons. The molecule has 17 heavy (non-hydrogen) atoms. The Morgan fingerprint density at radius 1 is 1.29 bits per heavy atom. The van der Waals surface area contributed by atoms with Gasteiger partial charge in [0.15, 0.2) is 5.75 Å². The second-order valence-electron chi connectivity index (χ2n) is 3.49. The molecule has 0 aliphatic rings. The van der Waals surface area contributed by atoms with Gasteiger partial charge in [-0.25, -0.2) is 4.98 Å². The summed E-state index contributed by atoms with van der Waals surface area (Å²) >= 11 is 0. The number of nitrogen functional groups attached to an aromatic ring is 1. The van der Waals surface area contributed by atoms with Crippen molar-refractivity contribution in [3.8, 4) is 11.6 Å². The van der Waals surface area contributed by atoms with E-state index in [2.05, 4.69) is 9.97 Å². The monoisotopic (exact) mass is 228 g/mol. The van der Waals surface area contributed by atoms with Gasteiger partial charge in [-0.05, 0) is 25.1 Å². The minimum Gasteiger partial charge on any atom is -0.437 e. The number of aromatic nitrogens is 2. The van der Waals surface area contributed by atoms with Gasteiger partial charge < -0.3 is 10.5 Å². The fraction of sp³-hybridized carbons (Fsp3) is 0.0833. The smallest absolute Gasteiger partial charge is 0.220 e. The predicted octanol–water partition coefficient (Wildman–Crippen LogP) is 1.86. The van der Waals surface area contributed by atoms with Gasteiger partial charge in [-0.2, -0.15) is 0 Å². The van der Waals surface area contributed by atoms with Crippen LogP contribution < -0.4 is 10.5 Å². The molecule has 0 fully saturated rings. The number of nitrogens with one attached hydrogen (secondary N) is 1. The third kappa shape index (κ3) is 2.57. The van der Waals surface area contributed by atoms with Crippen LogP contribution in [0, 0.1) is 12.3 Å². The van der Waals surface area contributed by atoms with Crippen LogP contribution in [-0.4, -0.2) is 15.8 Å². The van der Waals surface area contributed by atoms with Gasteiger partial charge >= 0.3 is 0 Å². The van der Waals surface area contributed by atoms with E-state index in [0.29, 0.717) is 17.2 Å². The van der Waals surface area contributed by atoms with Gasteiger partial charge in [-0.15, -0.1) is 0 Å². The van der Waals surface area contributed by atoms with Crippen LogP contribution in [0.2, 0.25) is 0 Å². The Labute approximate surface area is 98.8 Å². The summed E-state index contributed by atoms with van der Waals surface area (Å²) in [6, 6.07) is 6.88. The molecule has 0 aromatic carbocycles. The maximum Gasteiger partial charge on any atom is 0.220 e. The second kappa shape index (κ2) is 4.61. The highest BCUT2D eigenvalue weighted by Gasteiger charge is 2.04. The molecule has 0 saturated carbocycles. The maximum absolute atomic E-state index is 7.34. The number of amidine groups is 1. The average Bonchev–Trinajstić information content (AvgIpc) is 2.32. The molecule has 2 heterocycles. The summed E-state index contributed by atoms with van der Waals surface area (Å²) in [6.07, 6.45) is 3.25. The SMILES string of the molecule is Cc1ncccc1Oc1cc(C(=N)N)ccn1. The first-order valence-corrected chi connectivity index (χ1v) is 5.07. The Morgan fingerprint density at radius 3 is 2.82 bits per heavy atom. The Bertz CT molecular complexity index is 554. The van der Waals surface area contributed by atoms with E-state index >= 15 is 0 Å². The lowest BCUT2D eigenvalue weighted by molar-refractivity contribution is 0.456. The number of hydrogen-bond acceptors (Lipinski definition) is 4. The molecular weight excluding hydrogens is 216 g/mol. The number of aryl methyl sites for hydroxylation is 1. The lowest BCUT2D eigenvalue weighted by atomic mass is 10.2. The number of pyridine rings is 2. The molecule has 5 nitrogen and oxygen atoms in total.